The second-order valence-electron chi connectivity index (χ2n) is 6.71. The third-order valence-electron chi connectivity index (χ3n) is 4.68. The van der Waals surface area contributed by atoms with Crippen molar-refractivity contribution in [3.05, 3.63) is 12.2 Å². The average molecular weight is 400 g/mol. The number of imide groups is 1. The van der Waals surface area contributed by atoms with Gasteiger partial charge in [0.2, 0.25) is 0 Å². The van der Waals surface area contributed by atoms with Crippen molar-refractivity contribution in [2.24, 2.45) is 0 Å². The fourth-order valence-corrected chi connectivity index (χ4v) is 6.66. The van der Waals surface area contributed by atoms with E-state index in [-0.39, 0.29) is 11.8 Å². The monoisotopic (exact) mass is 399 g/mol. The second kappa shape index (κ2) is 13.2. The van der Waals surface area contributed by atoms with Gasteiger partial charge < -0.3 is 13.3 Å². The standard InChI is InChI=1S/C20H37NO5Si/c1-5-9-10-11-12-13-14-15-20(21-18(22)16-17-19(21)23)27(24-6-2,25-7-3)26-8-4/h16-17,20H,5-15H2,1-4H3. The molecule has 1 rings (SSSR count). The largest absolute Gasteiger partial charge is 0.525 e. The summed E-state index contributed by atoms with van der Waals surface area (Å²) in [5.74, 6) is -0.604. The summed E-state index contributed by atoms with van der Waals surface area (Å²) < 4.78 is 18.0. The van der Waals surface area contributed by atoms with E-state index < -0.39 is 14.5 Å². The minimum atomic E-state index is -3.21. The van der Waals surface area contributed by atoms with Gasteiger partial charge in [0.25, 0.3) is 11.8 Å². The van der Waals surface area contributed by atoms with Crippen molar-refractivity contribution >= 4 is 20.6 Å². The van der Waals surface area contributed by atoms with E-state index in [9.17, 15) is 9.59 Å². The first-order valence-electron chi connectivity index (χ1n) is 10.5. The number of carbonyl (C=O) groups is 2. The predicted molar refractivity (Wildman–Crippen MR) is 108 cm³/mol. The summed E-state index contributed by atoms with van der Waals surface area (Å²) in [6, 6.07) is 0. The summed E-state index contributed by atoms with van der Waals surface area (Å²) in [5.41, 5.74) is -0.469. The molecular weight excluding hydrogens is 362 g/mol. The Hall–Kier alpha value is -1.02. The Morgan fingerprint density at radius 3 is 1.67 bits per heavy atom. The minimum Gasteiger partial charge on any atom is -0.373 e. The highest BCUT2D eigenvalue weighted by Crippen LogP contribution is 2.27. The second-order valence-corrected chi connectivity index (χ2v) is 9.45. The number of hydrogen-bond acceptors (Lipinski definition) is 5. The van der Waals surface area contributed by atoms with Crippen molar-refractivity contribution < 1.29 is 22.9 Å². The molecule has 0 aromatic heterocycles. The highest BCUT2D eigenvalue weighted by Gasteiger charge is 2.54. The normalized spacial score (nSPS) is 15.8. The smallest absolute Gasteiger partial charge is 0.373 e. The molecule has 1 heterocycles. The van der Waals surface area contributed by atoms with Gasteiger partial charge in [-0.1, -0.05) is 51.9 Å². The van der Waals surface area contributed by atoms with E-state index in [1.807, 2.05) is 20.8 Å². The first-order chi connectivity index (χ1) is 13.1. The predicted octanol–water partition coefficient (Wildman–Crippen LogP) is 4.01. The summed E-state index contributed by atoms with van der Waals surface area (Å²) in [6.07, 6.45) is 11.5. The molecule has 0 aromatic carbocycles. The van der Waals surface area contributed by atoms with Gasteiger partial charge >= 0.3 is 8.80 Å². The van der Waals surface area contributed by atoms with Crippen LogP contribution in [0.3, 0.4) is 0 Å². The zero-order valence-electron chi connectivity index (χ0n) is 17.5. The fraction of sp³-hybridized carbons (Fsp3) is 0.800. The summed E-state index contributed by atoms with van der Waals surface area (Å²) in [7, 11) is -3.21. The molecule has 0 saturated heterocycles. The molecule has 156 valence electrons. The molecule has 1 aliphatic rings. The van der Waals surface area contributed by atoms with Gasteiger partial charge in [0, 0.05) is 32.0 Å². The summed E-state index contributed by atoms with van der Waals surface area (Å²) in [6.45, 7) is 9.13. The molecule has 0 saturated carbocycles. The third kappa shape index (κ3) is 7.14. The number of amides is 2. The van der Waals surface area contributed by atoms with Gasteiger partial charge in [-0.05, 0) is 27.2 Å². The van der Waals surface area contributed by atoms with Crippen molar-refractivity contribution in [3.8, 4) is 0 Å². The number of rotatable bonds is 16. The van der Waals surface area contributed by atoms with Crippen molar-refractivity contribution in [1.29, 1.82) is 0 Å². The van der Waals surface area contributed by atoms with Gasteiger partial charge in [0.1, 0.15) is 5.67 Å². The molecule has 1 aliphatic heterocycles. The highest BCUT2D eigenvalue weighted by atomic mass is 28.4. The third-order valence-corrected chi connectivity index (χ3v) is 8.12. The summed E-state index contributed by atoms with van der Waals surface area (Å²) in [4.78, 5) is 26.0. The molecule has 0 radical (unpaired) electrons. The topological polar surface area (TPSA) is 65.1 Å². The van der Waals surface area contributed by atoms with Crippen molar-refractivity contribution in [3.63, 3.8) is 0 Å². The van der Waals surface area contributed by atoms with Gasteiger partial charge in [0.05, 0.1) is 0 Å². The number of carbonyl (C=O) groups excluding carboxylic acids is 2. The van der Waals surface area contributed by atoms with Crippen molar-refractivity contribution in [2.45, 2.75) is 84.7 Å². The SMILES string of the molecule is CCCCCCCCCC(N1C(=O)C=CC1=O)[Si](OCC)(OCC)OCC. The lowest BCUT2D eigenvalue weighted by molar-refractivity contribution is -0.139. The van der Waals surface area contributed by atoms with Crippen molar-refractivity contribution in [2.75, 3.05) is 19.8 Å². The van der Waals surface area contributed by atoms with Gasteiger partial charge in [-0.2, -0.15) is 0 Å². The van der Waals surface area contributed by atoms with Gasteiger partial charge in [0.15, 0.2) is 0 Å². The number of hydrogen-bond donors (Lipinski definition) is 0. The van der Waals surface area contributed by atoms with Crippen LogP contribution in [0.25, 0.3) is 0 Å². The molecule has 27 heavy (non-hydrogen) atoms. The van der Waals surface area contributed by atoms with E-state index in [1.165, 1.54) is 49.2 Å². The molecule has 7 heteroatoms. The Labute approximate surface area is 165 Å². The van der Waals surface area contributed by atoms with Crippen molar-refractivity contribution in [1.82, 2.24) is 4.90 Å². The van der Waals surface area contributed by atoms with Gasteiger partial charge in [-0.15, -0.1) is 0 Å². The van der Waals surface area contributed by atoms with Gasteiger partial charge in [-0.3, -0.25) is 14.5 Å². The van der Waals surface area contributed by atoms with Crippen LogP contribution < -0.4 is 0 Å². The van der Waals surface area contributed by atoms with E-state index >= 15 is 0 Å². The van der Waals surface area contributed by atoms with Crippen LogP contribution in [0.5, 0.6) is 0 Å². The lowest BCUT2D eigenvalue weighted by atomic mass is 10.1. The summed E-state index contributed by atoms with van der Waals surface area (Å²) >= 11 is 0. The molecular formula is C20H37NO5Si. The molecule has 0 spiro atoms. The molecule has 0 fully saturated rings. The van der Waals surface area contributed by atoms with Crippen LogP contribution >= 0.6 is 0 Å². The molecule has 1 atom stereocenters. The zero-order valence-corrected chi connectivity index (χ0v) is 18.5. The maximum atomic E-state index is 12.4. The van der Waals surface area contributed by atoms with E-state index in [0.717, 1.165) is 12.8 Å². The summed E-state index contributed by atoms with van der Waals surface area (Å²) in [5, 5.41) is 0. The lowest BCUT2D eigenvalue weighted by Crippen LogP contribution is -2.64. The van der Waals surface area contributed by atoms with E-state index in [0.29, 0.717) is 26.2 Å². The number of nitrogens with zero attached hydrogens (tertiary/aromatic N) is 1. The Bertz CT molecular complexity index is 448. The van der Waals surface area contributed by atoms with Gasteiger partial charge in [-0.25, -0.2) is 0 Å². The molecule has 1 unspecified atom stereocenters. The molecule has 0 bridgehead atoms. The minimum absolute atomic E-state index is 0.302. The maximum Gasteiger partial charge on any atom is 0.525 e. The van der Waals surface area contributed by atoms with E-state index in [2.05, 4.69) is 6.92 Å². The number of unbranched alkanes of at least 4 members (excludes halogenated alkanes) is 6. The zero-order chi connectivity index (χ0) is 20.1. The maximum absolute atomic E-state index is 12.4. The van der Waals surface area contributed by atoms with E-state index in [4.69, 9.17) is 13.3 Å². The first-order valence-corrected chi connectivity index (χ1v) is 12.3. The van der Waals surface area contributed by atoms with E-state index in [1.54, 1.807) is 0 Å². The van der Waals surface area contributed by atoms with Crippen LogP contribution in [-0.4, -0.2) is 51.0 Å². The molecule has 0 aliphatic carbocycles. The molecule has 6 nitrogen and oxygen atoms in total. The van der Waals surface area contributed by atoms with Crippen LogP contribution in [-0.2, 0) is 22.9 Å². The average Bonchev–Trinajstić information content (AvgIpc) is 2.96. The highest BCUT2D eigenvalue weighted by molar-refractivity contribution is 6.63. The van der Waals surface area contributed by atoms with Crippen LogP contribution in [0.4, 0.5) is 0 Å². The van der Waals surface area contributed by atoms with Crippen LogP contribution in [0.1, 0.15) is 79.1 Å². The Morgan fingerprint density at radius 2 is 1.22 bits per heavy atom. The molecule has 0 aromatic rings. The lowest BCUT2D eigenvalue weighted by Gasteiger charge is -2.39. The van der Waals surface area contributed by atoms with Crippen LogP contribution in [0.2, 0.25) is 0 Å². The molecule has 2 amide bonds. The Balaban J connectivity index is 2.88. The quantitative estimate of drug-likeness (QED) is 0.223. The van der Waals surface area contributed by atoms with Crippen LogP contribution in [0.15, 0.2) is 12.2 Å². The Kier molecular flexibility index (Phi) is 11.7. The first kappa shape index (κ1) is 24.0. The fourth-order valence-electron chi connectivity index (χ4n) is 3.49. The Morgan fingerprint density at radius 1 is 0.778 bits per heavy atom. The van der Waals surface area contributed by atoms with Crippen LogP contribution in [0, 0.1) is 0 Å². The molecule has 0 N–H and O–H groups in total.